The van der Waals surface area contributed by atoms with Crippen molar-refractivity contribution >= 4 is 11.9 Å². The number of nitrogens with zero attached hydrogens (tertiary/aromatic N) is 2. The topological polar surface area (TPSA) is 59.5 Å². The van der Waals surface area contributed by atoms with Crippen molar-refractivity contribution in [1.29, 1.82) is 0 Å². The summed E-state index contributed by atoms with van der Waals surface area (Å²) in [5.74, 6) is -1.05. The molecule has 26 heavy (non-hydrogen) atoms. The largest absolute Gasteiger partial charge is 0.466 e. The number of pyridine rings is 1. The highest BCUT2D eigenvalue weighted by Gasteiger charge is 2.30. The van der Waals surface area contributed by atoms with Crippen LogP contribution in [-0.2, 0) is 9.53 Å². The van der Waals surface area contributed by atoms with Gasteiger partial charge in [0, 0.05) is 31.0 Å². The standard InChI is InChI=1S/C20H21FN2O3/c1-2-26-20(25)15-6-4-8-23(13-15)19(24)17-9-16(11-22-12-17)14-5-3-7-18(21)10-14/h3,5,7,9-12,15H,2,4,6,8,13H2,1H3. The molecule has 1 atom stereocenters. The van der Waals surface area contributed by atoms with Gasteiger partial charge in [-0.15, -0.1) is 0 Å². The molecular formula is C20H21FN2O3. The fourth-order valence-electron chi connectivity index (χ4n) is 3.18. The fourth-order valence-corrected chi connectivity index (χ4v) is 3.18. The molecule has 0 radical (unpaired) electrons. The molecule has 3 rings (SSSR count). The van der Waals surface area contributed by atoms with Crippen molar-refractivity contribution < 1.29 is 18.7 Å². The molecular weight excluding hydrogens is 335 g/mol. The van der Waals surface area contributed by atoms with Gasteiger partial charge in [0.1, 0.15) is 5.82 Å². The molecule has 1 amide bonds. The van der Waals surface area contributed by atoms with Crippen molar-refractivity contribution in [3.05, 3.63) is 54.1 Å². The first-order chi connectivity index (χ1) is 12.6. The SMILES string of the molecule is CCOC(=O)C1CCCN(C(=O)c2cncc(-c3cccc(F)c3)c2)C1. The number of ether oxygens (including phenoxy) is 1. The van der Waals surface area contributed by atoms with Crippen LogP contribution in [0.2, 0.25) is 0 Å². The lowest BCUT2D eigenvalue weighted by Crippen LogP contribution is -2.42. The summed E-state index contributed by atoms with van der Waals surface area (Å²) in [6, 6.07) is 7.87. The number of hydrogen-bond acceptors (Lipinski definition) is 4. The Morgan fingerprint density at radius 1 is 1.27 bits per heavy atom. The summed E-state index contributed by atoms with van der Waals surface area (Å²) in [7, 11) is 0. The molecule has 1 saturated heterocycles. The molecule has 6 heteroatoms. The van der Waals surface area contributed by atoms with Crippen molar-refractivity contribution in [1.82, 2.24) is 9.88 Å². The monoisotopic (exact) mass is 356 g/mol. The van der Waals surface area contributed by atoms with E-state index in [1.165, 1.54) is 18.3 Å². The lowest BCUT2D eigenvalue weighted by molar-refractivity contribution is -0.149. The average molecular weight is 356 g/mol. The molecule has 0 N–H and O–H groups in total. The van der Waals surface area contributed by atoms with E-state index in [2.05, 4.69) is 4.98 Å². The van der Waals surface area contributed by atoms with Crippen LogP contribution in [0.25, 0.3) is 11.1 Å². The number of aromatic nitrogens is 1. The number of rotatable bonds is 4. The Labute approximate surface area is 151 Å². The predicted octanol–water partition coefficient (Wildman–Crippen LogP) is 3.30. The van der Waals surface area contributed by atoms with Gasteiger partial charge in [-0.2, -0.15) is 0 Å². The minimum absolute atomic E-state index is 0.176. The highest BCUT2D eigenvalue weighted by molar-refractivity contribution is 5.95. The third kappa shape index (κ3) is 4.07. The quantitative estimate of drug-likeness (QED) is 0.789. The van der Waals surface area contributed by atoms with Gasteiger partial charge in [0.2, 0.25) is 0 Å². The van der Waals surface area contributed by atoms with Gasteiger partial charge in [0.15, 0.2) is 0 Å². The maximum Gasteiger partial charge on any atom is 0.310 e. The Balaban J connectivity index is 1.77. The van der Waals surface area contributed by atoms with Gasteiger partial charge in [-0.1, -0.05) is 12.1 Å². The second-order valence-corrected chi connectivity index (χ2v) is 6.32. The van der Waals surface area contributed by atoms with E-state index in [0.717, 1.165) is 12.8 Å². The second-order valence-electron chi connectivity index (χ2n) is 6.32. The van der Waals surface area contributed by atoms with Crippen molar-refractivity contribution in [2.75, 3.05) is 19.7 Å². The molecule has 1 aliphatic rings. The number of carbonyl (C=O) groups excluding carboxylic acids is 2. The Morgan fingerprint density at radius 3 is 2.88 bits per heavy atom. The highest BCUT2D eigenvalue weighted by atomic mass is 19.1. The summed E-state index contributed by atoms with van der Waals surface area (Å²) >= 11 is 0. The van der Waals surface area contributed by atoms with Crippen LogP contribution in [0, 0.1) is 11.7 Å². The molecule has 5 nitrogen and oxygen atoms in total. The zero-order valence-corrected chi connectivity index (χ0v) is 14.7. The van der Waals surface area contributed by atoms with E-state index in [4.69, 9.17) is 4.74 Å². The first-order valence-electron chi connectivity index (χ1n) is 8.75. The van der Waals surface area contributed by atoms with Gasteiger partial charge in [0.25, 0.3) is 5.91 Å². The van der Waals surface area contributed by atoms with E-state index in [1.807, 2.05) is 0 Å². The lowest BCUT2D eigenvalue weighted by atomic mass is 9.97. The zero-order chi connectivity index (χ0) is 18.5. The molecule has 1 aromatic carbocycles. The average Bonchev–Trinajstić information content (AvgIpc) is 2.68. The number of benzene rings is 1. The highest BCUT2D eigenvalue weighted by Crippen LogP contribution is 2.23. The minimum atomic E-state index is -0.340. The number of piperidine rings is 1. The van der Waals surface area contributed by atoms with E-state index in [0.29, 0.717) is 36.4 Å². The number of halogens is 1. The number of esters is 1. The summed E-state index contributed by atoms with van der Waals surface area (Å²) in [4.78, 5) is 30.6. The summed E-state index contributed by atoms with van der Waals surface area (Å²) < 4.78 is 18.5. The van der Waals surface area contributed by atoms with E-state index >= 15 is 0 Å². The molecule has 2 aromatic rings. The number of carbonyl (C=O) groups is 2. The minimum Gasteiger partial charge on any atom is -0.466 e. The van der Waals surface area contributed by atoms with Crippen molar-refractivity contribution in [3.63, 3.8) is 0 Å². The normalized spacial score (nSPS) is 17.0. The van der Waals surface area contributed by atoms with Gasteiger partial charge < -0.3 is 9.64 Å². The lowest BCUT2D eigenvalue weighted by Gasteiger charge is -2.31. The van der Waals surface area contributed by atoms with Crippen LogP contribution in [-0.4, -0.2) is 41.5 Å². The van der Waals surface area contributed by atoms with Gasteiger partial charge in [-0.3, -0.25) is 14.6 Å². The molecule has 0 aliphatic carbocycles. The molecule has 0 bridgehead atoms. The molecule has 1 aromatic heterocycles. The molecule has 1 unspecified atom stereocenters. The summed E-state index contributed by atoms with van der Waals surface area (Å²) in [6.45, 7) is 3.05. The Morgan fingerprint density at radius 2 is 2.12 bits per heavy atom. The van der Waals surface area contributed by atoms with Crippen LogP contribution in [0.1, 0.15) is 30.1 Å². The Kier molecular flexibility index (Phi) is 5.61. The molecule has 0 spiro atoms. The van der Waals surface area contributed by atoms with Crippen molar-refractivity contribution in [2.45, 2.75) is 19.8 Å². The predicted molar refractivity (Wildman–Crippen MR) is 94.9 cm³/mol. The smallest absolute Gasteiger partial charge is 0.310 e. The number of hydrogen-bond donors (Lipinski definition) is 0. The fraction of sp³-hybridized carbons (Fsp3) is 0.350. The van der Waals surface area contributed by atoms with Crippen LogP contribution >= 0.6 is 0 Å². The summed E-state index contributed by atoms with van der Waals surface area (Å²) in [6.07, 6.45) is 4.58. The van der Waals surface area contributed by atoms with Gasteiger partial charge in [0.05, 0.1) is 18.1 Å². The van der Waals surface area contributed by atoms with Crippen molar-refractivity contribution in [2.24, 2.45) is 5.92 Å². The van der Waals surface area contributed by atoms with Gasteiger partial charge in [-0.25, -0.2) is 4.39 Å². The third-order valence-electron chi connectivity index (χ3n) is 4.47. The van der Waals surface area contributed by atoms with E-state index in [9.17, 15) is 14.0 Å². The number of amides is 1. The van der Waals surface area contributed by atoms with Gasteiger partial charge in [-0.05, 0) is 43.5 Å². The van der Waals surface area contributed by atoms with Crippen LogP contribution in [0.5, 0.6) is 0 Å². The Hall–Kier alpha value is -2.76. The molecule has 1 fully saturated rings. The van der Waals surface area contributed by atoms with Gasteiger partial charge >= 0.3 is 5.97 Å². The first-order valence-corrected chi connectivity index (χ1v) is 8.75. The van der Waals surface area contributed by atoms with Crippen LogP contribution in [0.4, 0.5) is 4.39 Å². The molecule has 2 heterocycles. The first kappa shape index (κ1) is 18.0. The summed E-state index contributed by atoms with van der Waals surface area (Å²) in [5, 5.41) is 0. The van der Waals surface area contributed by atoms with E-state index in [1.54, 1.807) is 36.2 Å². The Bertz CT molecular complexity index is 809. The van der Waals surface area contributed by atoms with E-state index in [-0.39, 0.29) is 23.6 Å². The zero-order valence-electron chi connectivity index (χ0n) is 14.7. The molecule has 136 valence electrons. The maximum absolute atomic E-state index is 13.4. The van der Waals surface area contributed by atoms with E-state index < -0.39 is 0 Å². The van der Waals surface area contributed by atoms with Crippen LogP contribution < -0.4 is 0 Å². The third-order valence-corrected chi connectivity index (χ3v) is 4.47. The van der Waals surface area contributed by atoms with Crippen LogP contribution in [0.3, 0.4) is 0 Å². The second kappa shape index (κ2) is 8.08. The van der Waals surface area contributed by atoms with Crippen molar-refractivity contribution in [3.8, 4) is 11.1 Å². The number of likely N-dealkylation sites (tertiary alicyclic amines) is 1. The van der Waals surface area contributed by atoms with Crippen LogP contribution in [0.15, 0.2) is 42.7 Å². The molecule has 0 saturated carbocycles. The molecule has 1 aliphatic heterocycles. The summed E-state index contributed by atoms with van der Waals surface area (Å²) in [5.41, 5.74) is 1.76. The maximum atomic E-state index is 13.4.